The quantitative estimate of drug-likeness (QED) is 0.155. The molecule has 1 amide bonds. The van der Waals surface area contributed by atoms with Crippen molar-refractivity contribution in [3.05, 3.63) is 12.7 Å². The van der Waals surface area contributed by atoms with E-state index in [2.05, 4.69) is 13.5 Å². The zero-order valence-corrected chi connectivity index (χ0v) is 18.8. The van der Waals surface area contributed by atoms with Crippen molar-refractivity contribution in [2.45, 2.75) is 123 Å². The maximum atomic E-state index is 11.9. The Hall–Kier alpha value is -1.32. The Kier molecular flexibility index (Phi) is 15.8. The van der Waals surface area contributed by atoms with E-state index in [0.29, 0.717) is 6.42 Å². The molecule has 0 aliphatic heterocycles. The number of rotatable bonds is 19. The Bertz CT molecular complexity index is 436. The van der Waals surface area contributed by atoms with Gasteiger partial charge >= 0.3 is 5.97 Å². The minimum atomic E-state index is -0.824. The third-order valence-electron chi connectivity index (χ3n) is 5.97. The standard InChI is InChI=1S/C24H45NO3/c1-5-7-8-9-10-11-12-13-14-15-16-17-18-19-20-24(4,23(25)27)21(3)28-22(26)6-2/h6,21H,2,5,7-20H2,1,3-4H3,(H2,25,27). The van der Waals surface area contributed by atoms with E-state index in [1.165, 1.54) is 77.0 Å². The lowest BCUT2D eigenvalue weighted by molar-refractivity contribution is -0.153. The van der Waals surface area contributed by atoms with Crippen molar-refractivity contribution in [3.63, 3.8) is 0 Å². The number of amides is 1. The van der Waals surface area contributed by atoms with Gasteiger partial charge in [-0.15, -0.1) is 0 Å². The van der Waals surface area contributed by atoms with Gasteiger partial charge in [-0.05, 0) is 20.3 Å². The molecule has 2 N–H and O–H groups in total. The fourth-order valence-corrected chi connectivity index (χ4v) is 3.57. The SMILES string of the molecule is C=CC(=O)OC(C)C(C)(CCCCCCCCCCCCCCCC)C(N)=O. The van der Waals surface area contributed by atoms with Crippen LogP contribution in [0, 0.1) is 5.41 Å². The molecule has 0 aliphatic rings. The van der Waals surface area contributed by atoms with Crippen LogP contribution >= 0.6 is 0 Å². The van der Waals surface area contributed by atoms with Crippen LogP contribution in [-0.4, -0.2) is 18.0 Å². The number of carbonyl (C=O) groups is 2. The Morgan fingerprint density at radius 3 is 1.64 bits per heavy atom. The van der Waals surface area contributed by atoms with E-state index in [1.54, 1.807) is 13.8 Å². The first-order valence-corrected chi connectivity index (χ1v) is 11.5. The summed E-state index contributed by atoms with van der Waals surface area (Å²) >= 11 is 0. The van der Waals surface area contributed by atoms with Gasteiger partial charge in [-0.25, -0.2) is 4.79 Å². The first kappa shape index (κ1) is 26.7. The van der Waals surface area contributed by atoms with E-state index in [9.17, 15) is 9.59 Å². The molecule has 0 saturated carbocycles. The molecule has 0 saturated heterocycles. The largest absolute Gasteiger partial charge is 0.458 e. The Morgan fingerprint density at radius 2 is 1.29 bits per heavy atom. The number of carbonyl (C=O) groups excluding carboxylic acids is 2. The summed E-state index contributed by atoms with van der Waals surface area (Å²) in [4.78, 5) is 23.3. The fourth-order valence-electron chi connectivity index (χ4n) is 3.57. The third kappa shape index (κ3) is 12.2. The Balaban J connectivity index is 3.74. The summed E-state index contributed by atoms with van der Waals surface area (Å²) in [6.45, 7) is 9.18. The molecular formula is C24H45NO3. The zero-order valence-electron chi connectivity index (χ0n) is 18.8. The molecule has 0 spiro atoms. The van der Waals surface area contributed by atoms with Crippen LogP contribution in [0.25, 0.3) is 0 Å². The molecular weight excluding hydrogens is 350 g/mol. The van der Waals surface area contributed by atoms with Gasteiger partial charge < -0.3 is 10.5 Å². The second kappa shape index (κ2) is 16.6. The molecule has 0 aliphatic carbocycles. The van der Waals surface area contributed by atoms with Crippen LogP contribution in [0.15, 0.2) is 12.7 Å². The van der Waals surface area contributed by atoms with Gasteiger partial charge in [-0.2, -0.15) is 0 Å². The first-order chi connectivity index (χ1) is 13.4. The first-order valence-electron chi connectivity index (χ1n) is 11.5. The third-order valence-corrected chi connectivity index (χ3v) is 5.97. The van der Waals surface area contributed by atoms with Gasteiger partial charge in [-0.1, -0.05) is 103 Å². The number of nitrogens with two attached hydrogens (primary N) is 1. The predicted molar refractivity (Wildman–Crippen MR) is 118 cm³/mol. The average Bonchev–Trinajstić information content (AvgIpc) is 2.67. The summed E-state index contributed by atoms with van der Waals surface area (Å²) in [5.41, 5.74) is 4.76. The summed E-state index contributed by atoms with van der Waals surface area (Å²) in [6, 6.07) is 0. The van der Waals surface area contributed by atoms with Crippen LogP contribution in [0.1, 0.15) is 117 Å². The number of esters is 1. The minimum Gasteiger partial charge on any atom is -0.458 e. The molecule has 0 heterocycles. The smallest absolute Gasteiger partial charge is 0.330 e. The highest BCUT2D eigenvalue weighted by Gasteiger charge is 2.38. The topological polar surface area (TPSA) is 69.4 Å². The van der Waals surface area contributed by atoms with Gasteiger partial charge in [0.25, 0.3) is 0 Å². The highest BCUT2D eigenvalue weighted by Crippen LogP contribution is 2.31. The van der Waals surface area contributed by atoms with Crippen LogP contribution in [0.2, 0.25) is 0 Å². The molecule has 0 radical (unpaired) electrons. The molecule has 2 atom stereocenters. The van der Waals surface area contributed by atoms with E-state index >= 15 is 0 Å². The van der Waals surface area contributed by atoms with Crippen LogP contribution < -0.4 is 5.73 Å². The van der Waals surface area contributed by atoms with Crippen molar-refractivity contribution in [2.75, 3.05) is 0 Å². The molecule has 28 heavy (non-hydrogen) atoms. The number of unbranched alkanes of at least 4 members (excludes halogenated alkanes) is 13. The average molecular weight is 396 g/mol. The highest BCUT2D eigenvalue weighted by molar-refractivity contribution is 5.84. The Labute approximate surface area is 173 Å². The molecule has 164 valence electrons. The molecule has 0 aromatic carbocycles. The lowest BCUT2D eigenvalue weighted by atomic mass is 9.79. The lowest BCUT2D eigenvalue weighted by Crippen LogP contribution is -2.44. The van der Waals surface area contributed by atoms with Crippen molar-refractivity contribution in [3.8, 4) is 0 Å². The molecule has 0 rings (SSSR count). The van der Waals surface area contributed by atoms with Crippen LogP contribution in [0.5, 0.6) is 0 Å². The summed E-state index contributed by atoms with van der Waals surface area (Å²) in [5, 5.41) is 0. The molecule has 0 fully saturated rings. The number of hydrogen-bond donors (Lipinski definition) is 1. The molecule has 4 nitrogen and oxygen atoms in total. The number of ether oxygens (including phenoxy) is 1. The second-order valence-corrected chi connectivity index (χ2v) is 8.41. The van der Waals surface area contributed by atoms with Crippen molar-refractivity contribution >= 4 is 11.9 Å². The predicted octanol–water partition coefficient (Wildman–Crippen LogP) is 6.47. The number of hydrogen-bond acceptors (Lipinski definition) is 3. The van der Waals surface area contributed by atoms with Gasteiger partial charge in [0.05, 0.1) is 5.41 Å². The van der Waals surface area contributed by atoms with Gasteiger partial charge in [-0.3, -0.25) is 4.79 Å². The van der Waals surface area contributed by atoms with Crippen LogP contribution in [-0.2, 0) is 14.3 Å². The maximum Gasteiger partial charge on any atom is 0.330 e. The van der Waals surface area contributed by atoms with E-state index in [1.807, 2.05) is 0 Å². The van der Waals surface area contributed by atoms with Gasteiger partial charge in [0, 0.05) is 6.08 Å². The highest BCUT2D eigenvalue weighted by atomic mass is 16.5. The molecule has 0 aromatic rings. The van der Waals surface area contributed by atoms with Crippen molar-refractivity contribution in [2.24, 2.45) is 11.1 Å². The van der Waals surface area contributed by atoms with Gasteiger partial charge in [0.15, 0.2) is 0 Å². The zero-order chi connectivity index (χ0) is 21.3. The van der Waals surface area contributed by atoms with E-state index in [-0.39, 0.29) is 0 Å². The second-order valence-electron chi connectivity index (χ2n) is 8.41. The normalized spacial score (nSPS) is 14.2. The van der Waals surface area contributed by atoms with Crippen molar-refractivity contribution in [1.82, 2.24) is 0 Å². The minimum absolute atomic E-state index is 0.411. The van der Waals surface area contributed by atoms with Gasteiger partial charge in [0.1, 0.15) is 6.10 Å². The summed E-state index contributed by atoms with van der Waals surface area (Å²) in [5.74, 6) is -0.924. The fraction of sp³-hybridized carbons (Fsp3) is 0.833. The summed E-state index contributed by atoms with van der Waals surface area (Å²) in [6.07, 6.45) is 19.4. The monoisotopic (exact) mass is 395 g/mol. The molecule has 4 heteroatoms. The van der Waals surface area contributed by atoms with Crippen LogP contribution in [0.3, 0.4) is 0 Å². The molecule has 2 unspecified atom stereocenters. The summed E-state index contributed by atoms with van der Waals surface area (Å²) < 4.78 is 5.24. The van der Waals surface area contributed by atoms with Crippen molar-refractivity contribution < 1.29 is 14.3 Å². The van der Waals surface area contributed by atoms with Crippen molar-refractivity contribution in [1.29, 1.82) is 0 Å². The molecule has 0 aromatic heterocycles. The van der Waals surface area contributed by atoms with E-state index < -0.39 is 23.4 Å². The maximum absolute atomic E-state index is 11.9. The van der Waals surface area contributed by atoms with E-state index in [0.717, 1.165) is 18.9 Å². The molecule has 0 bridgehead atoms. The van der Waals surface area contributed by atoms with E-state index in [4.69, 9.17) is 10.5 Å². The lowest BCUT2D eigenvalue weighted by Gasteiger charge is -2.31. The Morgan fingerprint density at radius 1 is 0.893 bits per heavy atom. The van der Waals surface area contributed by atoms with Crippen LogP contribution in [0.4, 0.5) is 0 Å². The number of primary amides is 1. The summed E-state index contributed by atoms with van der Waals surface area (Å²) in [7, 11) is 0. The van der Waals surface area contributed by atoms with Gasteiger partial charge in [0.2, 0.25) is 5.91 Å².